The smallest absolute Gasteiger partial charge is 0.249 e. The van der Waals surface area contributed by atoms with Gasteiger partial charge in [0, 0.05) is 6.04 Å². The zero-order chi connectivity index (χ0) is 15.8. The highest BCUT2D eigenvalue weighted by Gasteiger charge is 2.45. The maximum atomic E-state index is 12.7. The van der Waals surface area contributed by atoms with Gasteiger partial charge in [0.1, 0.15) is 23.7 Å². The SMILES string of the molecule is CCC1(C)NC(=O)C(C)N(Cc2ncnn2C(C)C)C1=O. The summed E-state index contributed by atoms with van der Waals surface area (Å²) in [6.45, 7) is 9.69. The summed E-state index contributed by atoms with van der Waals surface area (Å²) in [5.41, 5.74) is -0.841. The van der Waals surface area contributed by atoms with Crippen LogP contribution in [-0.4, -0.2) is 43.1 Å². The third-order valence-electron chi connectivity index (χ3n) is 4.13. The molecule has 0 radical (unpaired) electrons. The highest BCUT2D eigenvalue weighted by molar-refractivity contribution is 5.99. The Kier molecular flexibility index (Phi) is 4.02. The Bertz CT molecular complexity index is 553. The quantitative estimate of drug-likeness (QED) is 0.893. The van der Waals surface area contributed by atoms with E-state index in [9.17, 15) is 9.59 Å². The number of aromatic nitrogens is 3. The molecule has 7 heteroatoms. The fourth-order valence-electron chi connectivity index (χ4n) is 2.48. The van der Waals surface area contributed by atoms with E-state index in [2.05, 4.69) is 15.4 Å². The van der Waals surface area contributed by atoms with Crippen molar-refractivity contribution < 1.29 is 9.59 Å². The first-order valence-electron chi connectivity index (χ1n) is 7.31. The first-order chi connectivity index (χ1) is 9.80. The van der Waals surface area contributed by atoms with E-state index in [1.54, 1.807) is 23.4 Å². The minimum Gasteiger partial charge on any atom is -0.340 e. The number of carbonyl (C=O) groups excluding carboxylic acids is 2. The second-order valence-corrected chi connectivity index (χ2v) is 6.00. The molecule has 1 aromatic rings. The molecular formula is C14H23N5O2. The largest absolute Gasteiger partial charge is 0.340 e. The fraction of sp³-hybridized carbons (Fsp3) is 0.714. The standard InChI is InChI=1S/C14H23N5O2/c1-6-14(5)13(21)18(10(4)12(20)17-14)7-11-15-8-16-19(11)9(2)3/h8-10H,6-7H2,1-5H3,(H,17,20). The molecule has 0 aliphatic carbocycles. The summed E-state index contributed by atoms with van der Waals surface area (Å²) < 4.78 is 1.77. The molecule has 0 bridgehead atoms. The topological polar surface area (TPSA) is 80.1 Å². The van der Waals surface area contributed by atoms with Gasteiger partial charge in [-0.2, -0.15) is 5.10 Å². The molecule has 116 valence electrons. The van der Waals surface area contributed by atoms with Crippen molar-refractivity contribution in [3.05, 3.63) is 12.2 Å². The van der Waals surface area contributed by atoms with E-state index in [1.165, 1.54) is 6.33 Å². The summed E-state index contributed by atoms with van der Waals surface area (Å²) in [4.78, 5) is 30.6. The number of piperazine rings is 1. The third-order valence-corrected chi connectivity index (χ3v) is 4.13. The molecule has 2 amide bonds. The van der Waals surface area contributed by atoms with E-state index >= 15 is 0 Å². The Balaban J connectivity index is 2.30. The maximum Gasteiger partial charge on any atom is 0.249 e. The summed E-state index contributed by atoms with van der Waals surface area (Å²) in [5.74, 6) is 0.489. The Labute approximate surface area is 124 Å². The van der Waals surface area contributed by atoms with Crippen LogP contribution in [0.3, 0.4) is 0 Å². The van der Waals surface area contributed by atoms with Gasteiger partial charge in [0.25, 0.3) is 0 Å². The van der Waals surface area contributed by atoms with Gasteiger partial charge in [-0.05, 0) is 34.1 Å². The number of amides is 2. The van der Waals surface area contributed by atoms with Crippen LogP contribution in [0.4, 0.5) is 0 Å². The predicted octanol–water partition coefficient (Wildman–Crippen LogP) is 0.875. The van der Waals surface area contributed by atoms with Crippen LogP contribution in [-0.2, 0) is 16.1 Å². The molecule has 2 unspecified atom stereocenters. The van der Waals surface area contributed by atoms with Gasteiger partial charge >= 0.3 is 0 Å². The van der Waals surface area contributed by atoms with Gasteiger partial charge in [0.15, 0.2) is 0 Å². The third kappa shape index (κ3) is 2.64. The molecule has 2 rings (SSSR count). The van der Waals surface area contributed by atoms with Crippen LogP contribution in [0.5, 0.6) is 0 Å². The molecule has 21 heavy (non-hydrogen) atoms. The predicted molar refractivity (Wildman–Crippen MR) is 77.3 cm³/mol. The van der Waals surface area contributed by atoms with Crippen molar-refractivity contribution in [3.8, 4) is 0 Å². The lowest BCUT2D eigenvalue weighted by Crippen LogP contribution is -2.68. The summed E-state index contributed by atoms with van der Waals surface area (Å²) in [6.07, 6.45) is 2.03. The zero-order valence-electron chi connectivity index (χ0n) is 13.3. The molecule has 1 aromatic heterocycles. The number of rotatable bonds is 4. The number of hydrogen-bond acceptors (Lipinski definition) is 4. The van der Waals surface area contributed by atoms with E-state index in [4.69, 9.17) is 0 Å². The van der Waals surface area contributed by atoms with Crippen LogP contribution in [0.2, 0.25) is 0 Å². The van der Waals surface area contributed by atoms with Gasteiger partial charge in [-0.15, -0.1) is 0 Å². The van der Waals surface area contributed by atoms with Crippen LogP contribution >= 0.6 is 0 Å². The normalized spacial score (nSPS) is 26.4. The molecule has 7 nitrogen and oxygen atoms in total. The van der Waals surface area contributed by atoms with Crippen LogP contribution in [0, 0.1) is 0 Å². The lowest BCUT2D eigenvalue weighted by atomic mass is 9.92. The molecule has 2 heterocycles. The van der Waals surface area contributed by atoms with Crippen molar-refractivity contribution in [3.63, 3.8) is 0 Å². The second kappa shape index (κ2) is 5.46. The maximum absolute atomic E-state index is 12.7. The van der Waals surface area contributed by atoms with Gasteiger partial charge in [-0.3, -0.25) is 9.59 Å². The lowest BCUT2D eigenvalue weighted by Gasteiger charge is -2.42. The Morgan fingerprint density at radius 1 is 1.43 bits per heavy atom. The van der Waals surface area contributed by atoms with E-state index in [1.807, 2.05) is 20.8 Å². The number of carbonyl (C=O) groups is 2. The van der Waals surface area contributed by atoms with Crippen molar-refractivity contribution >= 4 is 11.8 Å². The first-order valence-corrected chi connectivity index (χ1v) is 7.31. The van der Waals surface area contributed by atoms with Gasteiger partial charge < -0.3 is 10.2 Å². The zero-order valence-corrected chi connectivity index (χ0v) is 13.3. The molecule has 1 fully saturated rings. The van der Waals surface area contributed by atoms with E-state index in [0.717, 1.165) is 0 Å². The molecule has 0 aromatic carbocycles. The van der Waals surface area contributed by atoms with E-state index in [0.29, 0.717) is 18.8 Å². The number of hydrogen-bond donors (Lipinski definition) is 1. The first kappa shape index (κ1) is 15.5. The van der Waals surface area contributed by atoms with Gasteiger partial charge in [0.2, 0.25) is 11.8 Å². The summed E-state index contributed by atoms with van der Waals surface area (Å²) in [6, 6.07) is -0.349. The van der Waals surface area contributed by atoms with Gasteiger partial charge in [-0.25, -0.2) is 9.67 Å². The molecule has 0 saturated carbocycles. The number of nitrogens with one attached hydrogen (secondary N) is 1. The van der Waals surface area contributed by atoms with Crippen LogP contribution in [0.25, 0.3) is 0 Å². The van der Waals surface area contributed by atoms with Crippen molar-refractivity contribution in [2.24, 2.45) is 0 Å². The van der Waals surface area contributed by atoms with Gasteiger partial charge in [-0.1, -0.05) is 6.92 Å². The monoisotopic (exact) mass is 293 g/mol. The van der Waals surface area contributed by atoms with Crippen molar-refractivity contribution in [2.45, 2.75) is 65.2 Å². The molecule has 1 aliphatic rings. The minimum absolute atomic E-state index is 0.0737. The molecule has 2 atom stereocenters. The minimum atomic E-state index is -0.841. The summed E-state index contributed by atoms with van der Waals surface area (Å²) in [7, 11) is 0. The van der Waals surface area contributed by atoms with E-state index < -0.39 is 11.6 Å². The highest BCUT2D eigenvalue weighted by atomic mass is 16.2. The van der Waals surface area contributed by atoms with Crippen LogP contribution < -0.4 is 5.32 Å². The van der Waals surface area contributed by atoms with Gasteiger partial charge in [0.05, 0.1) is 6.54 Å². The molecule has 1 saturated heterocycles. The number of nitrogens with zero attached hydrogens (tertiary/aromatic N) is 4. The summed E-state index contributed by atoms with van der Waals surface area (Å²) >= 11 is 0. The van der Waals surface area contributed by atoms with Crippen LogP contribution in [0.15, 0.2) is 6.33 Å². The van der Waals surface area contributed by atoms with E-state index in [-0.39, 0.29) is 17.9 Å². The van der Waals surface area contributed by atoms with Crippen molar-refractivity contribution in [2.75, 3.05) is 0 Å². The van der Waals surface area contributed by atoms with Crippen molar-refractivity contribution in [1.29, 1.82) is 0 Å². The lowest BCUT2D eigenvalue weighted by molar-refractivity contribution is -0.154. The fourth-order valence-corrected chi connectivity index (χ4v) is 2.48. The second-order valence-electron chi connectivity index (χ2n) is 6.00. The average Bonchev–Trinajstić information content (AvgIpc) is 2.90. The molecule has 0 spiro atoms. The summed E-state index contributed by atoms with van der Waals surface area (Å²) in [5, 5.41) is 6.99. The Morgan fingerprint density at radius 3 is 2.67 bits per heavy atom. The molecule has 1 aliphatic heterocycles. The Morgan fingerprint density at radius 2 is 2.10 bits per heavy atom. The Hall–Kier alpha value is -1.92. The molecular weight excluding hydrogens is 270 g/mol. The average molecular weight is 293 g/mol. The molecule has 1 N–H and O–H groups in total. The van der Waals surface area contributed by atoms with Crippen molar-refractivity contribution in [1.82, 2.24) is 25.0 Å². The van der Waals surface area contributed by atoms with Crippen LogP contribution in [0.1, 0.15) is 52.9 Å². The highest BCUT2D eigenvalue weighted by Crippen LogP contribution is 2.23.